The summed E-state index contributed by atoms with van der Waals surface area (Å²) in [4.78, 5) is 20.5. The lowest BCUT2D eigenvalue weighted by atomic mass is 10.2. The number of hydrogen-bond donors (Lipinski definition) is 2. The van der Waals surface area contributed by atoms with E-state index in [0.717, 1.165) is 37.6 Å². The van der Waals surface area contributed by atoms with E-state index in [1.54, 1.807) is 0 Å². The Bertz CT molecular complexity index is 568. The third-order valence-electron chi connectivity index (χ3n) is 3.65. The number of hydrogen-bond acceptors (Lipinski definition) is 6. The molecule has 2 aromatic rings. The molecule has 7 nitrogen and oxygen atoms in total. The summed E-state index contributed by atoms with van der Waals surface area (Å²) in [6.07, 6.45) is 1.44. The lowest BCUT2D eigenvalue weighted by Gasteiger charge is -2.36. The van der Waals surface area contributed by atoms with Crippen LogP contribution in [0.3, 0.4) is 0 Å². The Hall–Kier alpha value is -1.89. The smallest absolute Gasteiger partial charge is 0.205 e. The zero-order valence-corrected chi connectivity index (χ0v) is 11.3. The number of nitrogens with two attached hydrogens (primary N) is 1. The molecule has 0 aliphatic carbocycles. The maximum atomic E-state index is 5.81. The summed E-state index contributed by atoms with van der Waals surface area (Å²) in [7, 11) is 0. The van der Waals surface area contributed by atoms with Crippen LogP contribution in [0.4, 0.5) is 11.8 Å². The highest BCUT2D eigenvalue weighted by molar-refractivity contribution is 5.83. The number of piperazine rings is 1. The first-order valence-corrected chi connectivity index (χ1v) is 6.60. The second kappa shape index (κ2) is 4.65. The normalized spacial score (nSPS) is 17.5. The first-order chi connectivity index (χ1) is 9.15. The topological polar surface area (TPSA) is 87.0 Å². The minimum atomic E-state index is 0.449. The third kappa shape index (κ3) is 2.21. The fourth-order valence-electron chi connectivity index (χ4n) is 2.43. The molecule has 0 amide bonds. The number of nitrogens with zero attached hydrogens (tertiary/aromatic N) is 5. The van der Waals surface area contributed by atoms with Crippen LogP contribution in [0.1, 0.15) is 13.8 Å². The second-order valence-electron chi connectivity index (χ2n) is 5.13. The summed E-state index contributed by atoms with van der Waals surface area (Å²) in [5.74, 6) is 1.29. The Labute approximate surface area is 111 Å². The highest BCUT2D eigenvalue weighted by Crippen LogP contribution is 2.20. The molecule has 0 aromatic carbocycles. The number of rotatable bonds is 2. The van der Waals surface area contributed by atoms with Crippen LogP contribution in [-0.2, 0) is 0 Å². The number of imidazole rings is 1. The first kappa shape index (κ1) is 12.2. The van der Waals surface area contributed by atoms with Crippen molar-refractivity contribution < 1.29 is 0 Å². The van der Waals surface area contributed by atoms with Gasteiger partial charge in [0.15, 0.2) is 11.5 Å². The van der Waals surface area contributed by atoms with E-state index in [-0.39, 0.29) is 0 Å². The SMILES string of the molecule is CC(C)N1CCN(c2nc3ncnc(N)c3[nH]2)CC1. The van der Waals surface area contributed by atoms with Crippen molar-refractivity contribution in [3.63, 3.8) is 0 Å². The van der Waals surface area contributed by atoms with E-state index in [1.807, 2.05) is 0 Å². The first-order valence-electron chi connectivity index (χ1n) is 6.60. The third-order valence-corrected chi connectivity index (χ3v) is 3.65. The quantitative estimate of drug-likeness (QED) is 0.817. The molecule has 3 rings (SSSR count). The number of aromatic amines is 1. The molecule has 3 heterocycles. The van der Waals surface area contributed by atoms with Crippen molar-refractivity contribution in [1.82, 2.24) is 24.8 Å². The molecule has 1 saturated heterocycles. The molecule has 0 saturated carbocycles. The summed E-state index contributed by atoms with van der Waals surface area (Å²) >= 11 is 0. The number of nitrogen functional groups attached to an aromatic ring is 1. The average molecular weight is 261 g/mol. The number of fused-ring (bicyclic) bond motifs is 1. The Morgan fingerprint density at radius 2 is 1.95 bits per heavy atom. The molecule has 1 aliphatic heterocycles. The van der Waals surface area contributed by atoms with Crippen LogP contribution in [0.5, 0.6) is 0 Å². The van der Waals surface area contributed by atoms with E-state index in [4.69, 9.17) is 5.73 Å². The predicted molar refractivity (Wildman–Crippen MR) is 75.0 cm³/mol. The average Bonchev–Trinajstić information content (AvgIpc) is 2.84. The molecule has 7 heteroatoms. The molecule has 19 heavy (non-hydrogen) atoms. The molecular formula is C12H19N7. The van der Waals surface area contributed by atoms with E-state index in [1.165, 1.54) is 6.33 Å². The van der Waals surface area contributed by atoms with Crippen molar-refractivity contribution in [3.8, 4) is 0 Å². The molecule has 102 valence electrons. The van der Waals surface area contributed by atoms with Gasteiger partial charge in [-0.3, -0.25) is 4.90 Å². The van der Waals surface area contributed by atoms with E-state index >= 15 is 0 Å². The molecule has 3 N–H and O–H groups in total. The van der Waals surface area contributed by atoms with E-state index < -0.39 is 0 Å². The molecule has 0 bridgehead atoms. The van der Waals surface area contributed by atoms with Gasteiger partial charge in [0, 0.05) is 32.2 Å². The van der Waals surface area contributed by atoms with E-state index in [2.05, 4.69) is 43.6 Å². The second-order valence-corrected chi connectivity index (χ2v) is 5.13. The summed E-state index contributed by atoms with van der Waals surface area (Å²) in [5.41, 5.74) is 7.17. The Kier molecular flexibility index (Phi) is 2.98. The van der Waals surface area contributed by atoms with Crippen molar-refractivity contribution in [3.05, 3.63) is 6.33 Å². The Morgan fingerprint density at radius 1 is 1.21 bits per heavy atom. The van der Waals surface area contributed by atoms with Crippen LogP contribution in [0.2, 0.25) is 0 Å². The van der Waals surface area contributed by atoms with Gasteiger partial charge in [-0.2, -0.15) is 4.98 Å². The number of anilines is 2. The van der Waals surface area contributed by atoms with Crippen LogP contribution < -0.4 is 10.6 Å². The summed E-state index contributed by atoms with van der Waals surface area (Å²) in [6.45, 7) is 8.49. The van der Waals surface area contributed by atoms with Crippen LogP contribution in [0.25, 0.3) is 11.2 Å². The van der Waals surface area contributed by atoms with Gasteiger partial charge in [0.05, 0.1) is 0 Å². The molecule has 1 fully saturated rings. The number of aromatic nitrogens is 4. The molecule has 0 spiro atoms. The Morgan fingerprint density at radius 3 is 2.58 bits per heavy atom. The van der Waals surface area contributed by atoms with Crippen molar-refractivity contribution in [2.24, 2.45) is 0 Å². The van der Waals surface area contributed by atoms with Crippen LogP contribution in [0, 0.1) is 0 Å². The zero-order chi connectivity index (χ0) is 13.4. The van der Waals surface area contributed by atoms with Crippen LogP contribution in [0.15, 0.2) is 6.33 Å². The summed E-state index contributed by atoms with van der Waals surface area (Å²) < 4.78 is 0. The largest absolute Gasteiger partial charge is 0.382 e. The molecule has 2 aromatic heterocycles. The minimum absolute atomic E-state index is 0.449. The van der Waals surface area contributed by atoms with Crippen molar-refractivity contribution >= 4 is 22.9 Å². The molecular weight excluding hydrogens is 242 g/mol. The standard InChI is InChI=1S/C12H19N7/c1-8(2)18-3-5-19(6-4-18)12-16-9-10(13)14-7-15-11(9)17-12/h7-8H,3-6H2,1-2H3,(H3,13,14,15,16,17). The fraction of sp³-hybridized carbons (Fsp3) is 0.583. The van der Waals surface area contributed by atoms with Crippen molar-refractivity contribution in [1.29, 1.82) is 0 Å². The maximum absolute atomic E-state index is 5.81. The lowest BCUT2D eigenvalue weighted by molar-refractivity contribution is 0.208. The molecule has 0 atom stereocenters. The molecule has 0 radical (unpaired) electrons. The van der Waals surface area contributed by atoms with Crippen molar-refractivity contribution in [2.45, 2.75) is 19.9 Å². The fourth-order valence-corrected chi connectivity index (χ4v) is 2.43. The molecule has 1 aliphatic rings. The summed E-state index contributed by atoms with van der Waals surface area (Å²) in [6, 6.07) is 0.597. The van der Waals surface area contributed by atoms with Gasteiger partial charge in [0.1, 0.15) is 11.8 Å². The Balaban J connectivity index is 1.80. The van der Waals surface area contributed by atoms with Gasteiger partial charge in [-0.25, -0.2) is 9.97 Å². The van der Waals surface area contributed by atoms with Gasteiger partial charge in [-0.05, 0) is 13.8 Å². The maximum Gasteiger partial charge on any atom is 0.205 e. The zero-order valence-electron chi connectivity index (χ0n) is 11.3. The van der Waals surface area contributed by atoms with Gasteiger partial charge in [-0.1, -0.05) is 0 Å². The van der Waals surface area contributed by atoms with Gasteiger partial charge in [0.2, 0.25) is 5.95 Å². The summed E-state index contributed by atoms with van der Waals surface area (Å²) in [5, 5.41) is 0. The van der Waals surface area contributed by atoms with Crippen LogP contribution >= 0.6 is 0 Å². The monoisotopic (exact) mass is 261 g/mol. The highest BCUT2D eigenvalue weighted by Gasteiger charge is 2.21. The number of H-pyrrole nitrogens is 1. The number of nitrogens with one attached hydrogen (secondary N) is 1. The highest BCUT2D eigenvalue weighted by atomic mass is 15.3. The lowest BCUT2D eigenvalue weighted by Crippen LogP contribution is -2.49. The van der Waals surface area contributed by atoms with Crippen molar-refractivity contribution in [2.75, 3.05) is 36.8 Å². The van der Waals surface area contributed by atoms with Gasteiger partial charge in [0.25, 0.3) is 0 Å². The van der Waals surface area contributed by atoms with E-state index in [0.29, 0.717) is 17.5 Å². The van der Waals surface area contributed by atoms with Gasteiger partial charge < -0.3 is 15.6 Å². The van der Waals surface area contributed by atoms with Gasteiger partial charge >= 0.3 is 0 Å². The van der Waals surface area contributed by atoms with Crippen LogP contribution in [-0.4, -0.2) is 57.1 Å². The predicted octanol–water partition coefficient (Wildman–Crippen LogP) is 0.465. The molecule has 0 unspecified atom stereocenters. The van der Waals surface area contributed by atoms with Gasteiger partial charge in [-0.15, -0.1) is 0 Å². The minimum Gasteiger partial charge on any atom is -0.382 e. The van der Waals surface area contributed by atoms with E-state index in [9.17, 15) is 0 Å².